The predicted octanol–water partition coefficient (Wildman–Crippen LogP) is 3.73. The topological polar surface area (TPSA) is 47.0 Å². The highest BCUT2D eigenvalue weighted by atomic mass is 16.5. The summed E-state index contributed by atoms with van der Waals surface area (Å²) in [4.78, 5) is 9.14. The first-order valence-electron chi connectivity index (χ1n) is 7.41. The lowest BCUT2D eigenvalue weighted by Crippen LogP contribution is -2.06. The molecule has 0 saturated carbocycles. The Morgan fingerprint density at radius 1 is 1.10 bits per heavy atom. The van der Waals surface area contributed by atoms with Crippen LogP contribution in [0.4, 0.5) is 5.82 Å². The van der Waals surface area contributed by atoms with Gasteiger partial charge in [-0.2, -0.15) is 0 Å². The van der Waals surface area contributed by atoms with E-state index in [1.165, 1.54) is 11.1 Å². The normalized spacial score (nSPS) is 10.7. The fraction of sp³-hybridized carbons (Fsp3) is 0.412. The van der Waals surface area contributed by atoms with Crippen LogP contribution in [0.2, 0.25) is 0 Å². The van der Waals surface area contributed by atoms with Crippen LogP contribution in [-0.4, -0.2) is 23.1 Å². The van der Waals surface area contributed by atoms with Gasteiger partial charge in [0.2, 0.25) is 0 Å². The smallest absolute Gasteiger partial charge is 0.157 e. The molecule has 2 rings (SSSR count). The zero-order valence-electron chi connectivity index (χ0n) is 13.2. The first-order chi connectivity index (χ1) is 10.1. The Kier molecular flexibility index (Phi) is 5.28. The SMILES string of the molecule is CCNc1cc(-c2cc(C)ccc2C)nc(COCC)n1. The summed E-state index contributed by atoms with van der Waals surface area (Å²) in [5, 5.41) is 3.26. The van der Waals surface area contributed by atoms with E-state index in [-0.39, 0.29) is 0 Å². The number of ether oxygens (including phenoxy) is 1. The molecule has 0 fully saturated rings. The third kappa shape index (κ3) is 4.02. The largest absolute Gasteiger partial charge is 0.374 e. The van der Waals surface area contributed by atoms with E-state index in [1.54, 1.807) is 0 Å². The Morgan fingerprint density at radius 3 is 2.62 bits per heavy atom. The number of benzene rings is 1. The second-order valence-corrected chi connectivity index (χ2v) is 5.04. The molecule has 0 radical (unpaired) electrons. The fourth-order valence-corrected chi connectivity index (χ4v) is 2.18. The molecular formula is C17H23N3O. The highest BCUT2D eigenvalue weighted by Gasteiger charge is 2.09. The first kappa shape index (κ1) is 15.4. The lowest BCUT2D eigenvalue weighted by molar-refractivity contribution is 0.128. The molecule has 1 heterocycles. The summed E-state index contributed by atoms with van der Waals surface area (Å²) in [6, 6.07) is 8.41. The Hall–Kier alpha value is -1.94. The van der Waals surface area contributed by atoms with E-state index in [9.17, 15) is 0 Å². The van der Waals surface area contributed by atoms with E-state index in [1.807, 2.05) is 13.0 Å². The second kappa shape index (κ2) is 7.18. The van der Waals surface area contributed by atoms with Crippen LogP contribution in [0.1, 0.15) is 30.8 Å². The van der Waals surface area contributed by atoms with Crippen molar-refractivity contribution in [2.45, 2.75) is 34.3 Å². The van der Waals surface area contributed by atoms with Crippen molar-refractivity contribution in [2.75, 3.05) is 18.5 Å². The molecule has 0 aliphatic heterocycles. The summed E-state index contributed by atoms with van der Waals surface area (Å²) in [5.74, 6) is 1.56. The summed E-state index contributed by atoms with van der Waals surface area (Å²) < 4.78 is 5.44. The number of aryl methyl sites for hydroxylation is 2. The Morgan fingerprint density at radius 2 is 1.90 bits per heavy atom. The number of anilines is 1. The maximum Gasteiger partial charge on any atom is 0.157 e. The van der Waals surface area contributed by atoms with Crippen LogP contribution >= 0.6 is 0 Å². The third-order valence-corrected chi connectivity index (χ3v) is 3.23. The number of hydrogen-bond acceptors (Lipinski definition) is 4. The molecule has 0 spiro atoms. The van der Waals surface area contributed by atoms with Gasteiger partial charge in [-0.1, -0.05) is 17.7 Å². The molecule has 1 N–H and O–H groups in total. The number of nitrogens with zero attached hydrogens (tertiary/aromatic N) is 2. The minimum Gasteiger partial charge on any atom is -0.374 e. The molecule has 0 bridgehead atoms. The molecule has 0 unspecified atom stereocenters. The van der Waals surface area contributed by atoms with Gasteiger partial charge in [0.1, 0.15) is 12.4 Å². The zero-order chi connectivity index (χ0) is 15.2. The molecule has 1 aromatic heterocycles. The second-order valence-electron chi connectivity index (χ2n) is 5.04. The number of rotatable bonds is 6. The fourth-order valence-electron chi connectivity index (χ4n) is 2.18. The number of nitrogens with one attached hydrogen (secondary N) is 1. The van der Waals surface area contributed by atoms with Gasteiger partial charge in [-0.3, -0.25) is 0 Å². The molecule has 0 aliphatic carbocycles. The Bertz CT molecular complexity index is 611. The summed E-state index contributed by atoms with van der Waals surface area (Å²) in [5.41, 5.74) is 4.53. The standard InChI is InChI=1S/C17H23N3O/c1-5-18-16-10-15(19-17(20-16)11-21-6-2)14-9-12(3)7-8-13(14)4/h7-10H,5-6,11H2,1-4H3,(H,18,19,20). The van der Waals surface area contributed by atoms with Gasteiger partial charge in [0.25, 0.3) is 0 Å². The zero-order valence-corrected chi connectivity index (χ0v) is 13.2. The molecule has 0 amide bonds. The molecule has 0 atom stereocenters. The molecule has 0 aliphatic rings. The van der Waals surface area contributed by atoms with Crippen LogP contribution < -0.4 is 5.32 Å². The minimum atomic E-state index is 0.438. The van der Waals surface area contributed by atoms with E-state index in [2.05, 4.69) is 54.3 Å². The van der Waals surface area contributed by atoms with Crippen LogP contribution in [0.5, 0.6) is 0 Å². The van der Waals surface area contributed by atoms with Crippen LogP contribution in [0, 0.1) is 13.8 Å². The van der Waals surface area contributed by atoms with E-state index in [0.29, 0.717) is 19.0 Å². The highest BCUT2D eigenvalue weighted by molar-refractivity contribution is 5.66. The average Bonchev–Trinajstić information content (AvgIpc) is 2.48. The van der Waals surface area contributed by atoms with Crippen LogP contribution in [0.15, 0.2) is 24.3 Å². The lowest BCUT2D eigenvalue weighted by atomic mass is 10.0. The van der Waals surface area contributed by atoms with Crippen molar-refractivity contribution in [2.24, 2.45) is 0 Å². The van der Waals surface area contributed by atoms with Crippen molar-refractivity contribution in [3.63, 3.8) is 0 Å². The van der Waals surface area contributed by atoms with Crippen molar-refractivity contribution >= 4 is 5.82 Å². The first-order valence-corrected chi connectivity index (χ1v) is 7.41. The Balaban J connectivity index is 2.45. The van der Waals surface area contributed by atoms with Gasteiger partial charge >= 0.3 is 0 Å². The third-order valence-electron chi connectivity index (χ3n) is 3.23. The van der Waals surface area contributed by atoms with Gasteiger partial charge in [-0.25, -0.2) is 9.97 Å². The van der Waals surface area contributed by atoms with E-state index in [0.717, 1.165) is 23.6 Å². The van der Waals surface area contributed by atoms with E-state index in [4.69, 9.17) is 4.74 Å². The summed E-state index contributed by atoms with van der Waals surface area (Å²) >= 11 is 0. The predicted molar refractivity (Wildman–Crippen MR) is 86.4 cm³/mol. The molecule has 1 aromatic carbocycles. The lowest BCUT2D eigenvalue weighted by Gasteiger charge is -2.11. The van der Waals surface area contributed by atoms with Crippen molar-refractivity contribution in [3.8, 4) is 11.3 Å². The van der Waals surface area contributed by atoms with Crippen molar-refractivity contribution < 1.29 is 4.74 Å². The van der Waals surface area contributed by atoms with Gasteiger partial charge in [0.15, 0.2) is 5.82 Å². The molecular weight excluding hydrogens is 262 g/mol. The van der Waals surface area contributed by atoms with Crippen LogP contribution in [-0.2, 0) is 11.3 Å². The van der Waals surface area contributed by atoms with Crippen molar-refractivity contribution in [1.82, 2.24) is 9.97 Å². The summed E-state index contributed by atoms with van der Waals surface area (Å²) in [6.45, 7) is 10.2. The Labute approximate surface area is 126 Å². The van der Waals surface area contributed by atoms with Gasteiger partial charge < -0.3 is 10.1 Å². The van der Waals surface area contributed by atoms with Gasteiger partial charge in [-0.05, 0) is 39.3 Å². The highest BCUT2D eigenvalue weighted by Crippen LogP contribution is 2.25. The molecule has 4 heteroatoms. The van der Waals surface area contributed by atoms with E-state index < -0.39 is 0 Å². The average molecular weight is 285 g/mol. The minimum absolute atomic E-state index is 0.438. The summed E-state index contributed by atoms with van der Waals surface area (Å²) in [7, 11) is 0. The van der Waals surface area contributed by atoms with Crippen LogP contribution in [0.3, 0.4) is 0 Å². The maximum absolute atomic E-state index is 5.44. The number of hydrogen-bond donors (Lipinski definition) is 1. The molecule has 4 nitrogen and oxygen atoms in total. The molecule has 2 aromatic rings. The molecule has 112 valence electrons. The quantitative estimate of drug-likeness (QED) is 0.878. The van der Waals surface area contributed by atoms with Gasteiger partial charge in [0, 0.05) is 24.8 Å². The van der Waals surface area contributed by atoms with Gasteiger partial charge in [0.05, 0.1) is 5.69 Å². The van der Waals surface area contributed by atoms with E-state index >= 15 is 0 Å². The van der Waals surface area contributed by atoms with Crippen molar-refractivity contribution in [3.05, 3.63) is 41.2 Å². The van der Waals surface area contributed by atoms with Gasteiger partial charge in [-0.15, -0.1) is 0 Å². The van der Waals surface area contributed by atoms with Crippen molar-refractivity contribution in [1.29, 1.82) is 0 Å². The summed E-state index contributed by atoms with van der Waals surface area (Å²) in [6.07, 6.45) is 0. The molecule has 21 heavy (non-hydrogen) atoms. The maximum atomic E-state index is 5.44. The van der Waals surface area contributed by atoms with Crippen LogP contribution in [0.25, 0.3) is 11.3 Å². The molecule has 0 saturated heterocycles. The number of aromatic nitrogens is 2. The monoisotopic (exact) mass is 285 g/mol.